The standard InChI is InChI=1S/C10H24N2/c1-7-11-10(5,6)8-12-9(2,3)4/h11-12H,7-8H2,1-6H3. The van der Waals surface area contributed by atoms with Crippen LogP contribution in [0.2, 0.25) is 0 Å². The lowest BCUT2D eigenvalue weighted by Crippen LogP contribution is -2.52. The molecule has 0 aliphatic heterocycles. The van der Waals surface area contributed by atoms with Crippen LogP contribution in [-0.4, -0.2) is 24.2 Å². The molecule has 0 saturated heterocycles. The fraction of sp³-hybridized carbons (Fsp3) is 1.00. The zero-order chi connectivity index (χ0) is 9.83. The van der Waals surface area contributed by atoms with Gasteiger partial charge in [-0.3, -0.25) is 0 Å². The first-order valence-electron chi connectivity index (χ1n) is 4.77. The van der Waals surface area contributed by atoms with Crippen LogP contribution >= 0.6 is 0 Å². The predicted molar refractivity (Wildman–Crippen MR) is 55.5 cm³/mol. The molecule has 0 aromatic rings. The first-order chi connectivity index (χ1) is 5.27. The Morgan fingerprint density at radius 3 is 1.75 bits per heavy atom. The Morgan fingerprint density at radius 2 is 1.42 bits per heavy atom. The van der Waals surface area contributed by atoms with Gasteiger partial charge in [-0.05, 0) is 41.2 Å². The van der Waals surface area contributed by atoms with Gasteiger partial charge in [0.2, 0.25) is 0 Å². The van der Waals surface area contributed by atoms with Crippen molar-refractivity contribution >= 4 is 0 Å². The van der Waals surface area contributed by atoms with Gasteiger partial charge in [0.05, 0.1) is 0 Å². The summed E-state index contributed by atoms with van der Waals surface area (Å²) in [7, 11) is 0. The van der Waals surface area contributed by atoms with Gasteiger partial charge in [0, 0.05) is 17.6 Å². The van der Waals surface area contributed by atoms with Crippen LogP contribution in [0.3, 0.4) is 0 Å². The van der Waals surface area contributed by atoms with E-state index >= 15 is 0 Å². The van der Waals surface area contributed by atoms with E-state index in [0.29, 0.717) is 0 Å². The third kappa shape index (κ3) is 6.62. The van der Waals surface area contributed by atoms with Gasteiger partial charge in [-0.25, -0.2) is 0 Å². The molecule has 2 nitrogen and oxygen atoms in total. The molecule has 2 heteroatoms. The lowest BCUT2D eigenvalue weighted by atomic mass is 10.0. The molecule has 0 saturated carbocycles. The number of nitrogens with one attached hydrogen (secondary N) is 2. The second kappa shape index (κ2) is 4.24. The summed E-state index contributed by atoms with van der Waals surface area (Å²) >= 11 is 0. The molecule has 74 valence electrons. The first kappa shape index (κ1) is 11.9. The molecule has 0 amide bonds. The van der Waals surface area contributed by atoms with Crippen molar-refractivity contribution in [1.82, 2.24) is 10.6 Å². The van der Waals surface area contributed by atoms with Crippen molar-refractivity contribution in [3.8, 4) is 0 Å². The van der Waals surface area contributed by atoms with Crippen LogP contribution in [-0.2, 0) is 0 Å². The topological polar surface area (TPSA) is 24.1 Å². The van der Waals surface area contributed by atoms with Crippen molar-refractivity contribution in [3.63, 3.8) is 0 Å². The highest BCUT2D eigenvalue weighted by molar-refractivity contribution is 4.83. The fourth-order valence-corrected chi connectivity index (χ4v) is 1.03. The molecule has 12 heavy (non-hydrogen) atoms. The Kier molecular flexibility index (Phi) is 4.21. The van der Waals surface area contributed by atoms with E-state index in [1.807, 2.05) is 0 Å². The highest BCUT2D eigenvalue weighted by atomic mass is 15.0. The highest BCUT2D eigenvalue weighted by Gasteiger charge is 2.18. The second-order valence-corrected chi connectivity index (χ2v) is 5.02. The zero-order valence-electron chi connectivity index (χ0n) is 9.41. The van der Waals surface area contributed by atoms with E-state index in [0.717, 1.165) is 13.1 Å². The van der Waals surface area contributed by atoms with Crippen LogP contribution in [0.1, 0.15) is 41.5 Å². The van der Waals surface area contributed by atoms with Crippen LogP contribution in [0.4, 0.5) is 0 Å². The molecule has 0 atom stereocenters. The van der Waals surface area contributed by atoms with E-state index < -0.39 is 0 Å². The third-order valence-electron chi connectivity index (χ3n) is 1.72. The molecule has 0 aliphatic carbocycles. The van der Waals surface area contributed by atoms with Crippen LogP contribution in [0, 0.1) is 0 Å². The monoisotopic (exact) mass is 172 g/mol. The van der Waals surface area contributed by atoms with Gasteiger partial charge in [0.25, 0.3) is 0 Å². The van der Waals surface area contributed by atoms with Crippen LogP contribution in [0.5, 0.6) is 0 Å². The minimum atomic E-state index is 0.196. The van der Waals surface area contributed by atoms with Crippen LogP contribution in [0.25, 0.3) is 0 Å². The molecule has 0 unspecified atom stereocenters. The van der Waals surface area contributed by atoms with Crippen molar-refractivity contribution in [2.75, 3.05) is 13.1 Å². The van der Waals surface area contributed by atoms with Gasteiger partial charge in [0.1, 0.15) is 0 Å². The molecule has 0 aromatic heterocycles. The lowest BCUT2D eigenvalue weighted by molar-refractivity contribution is 0.318. The van der Waals surface area contributed by atoms with Crippen molar-refractivity contribution in [2.45, 2.75) is 52.6 Å². The molecule has 0 bridgehead atoms. The van der Waals surface area contributed by atoms with Gasteiger partial charge < -0.3 is 10.6 Å². The van der Waals surface area contributed by atoms with E-state index in [9.17, 15) is 0 Å². The minimum Gasteiger partial charge on any atom is -0.311 e. The van der Waals surface area contributed by atoms with E-state index in [1.54, 1.807) is 0 Å². The Balaban J connectivity index is 3.75. The first-order valence-corrected chi connectivity index (χ1v) is 4.77. The summed E-state index contributed by atoms with van der Waals surface area (Å²) < 4.78 is 0. The molecule has 0 fully saturated rings. The van der Waals surface area contributed by atoms with Gasteiger partial charge in [-0.15, -0.1) is 0 Å². The largest absolute Gasteiger partial charge is 0.311 e. The molecule has 0 rings (SSSR count). The summed E-state index contributed by atoms with van der Waals surface area (Å²) in [6, 6.07) is 0. The van der Waals surface area contributed by atoms with Crippen molar-refractivity contribution < 1.29 is 0 Å². The van der Waals surface area contributed by atoms with Gasteiger partial charge in [0.15, 0.2) is 0 Å². The maximum absolute atomic E-state index is 3.48. The van der Waals surface area contributed by atoms with Gasteiger partial charge >= 0.3 is 0 Å². The Morgan fingerprint density at radius 1 is 0.917 bits per heavy atom. The number of hydrogen-bond acceptors (Lipinski definition) is 2. The third-order valence-corrected chi connectivity index (χ3v) is 1.72. The average Bonchev–Trinajstić information content (AvgIpc) is 1.83. The van der Waals surface area contributed by atoms with Crippen molar-refractivity contribution in [2.24, 2.45) is 0 Å². The summed E-state index contributed by atoms with van der Waals surface area (Å²) in [4.78, 5) is 0. The maximum atomic E-state index is 3.48. The Labute approximate surface area is 77.1 Å². The van der Waals surface area contributed by atoms with E-state index in [2.05, 4.69) is 52.2 Å². The molecule has 0 aromatic carbocycles. The Hall–Kier alpha value is -0.0800. The fourth-order valence-electron chi connectivity index (χ4n) is 1.03. The maximum Gasteiger partial charge on any atom is 0.0249 e. The molecular weight excluding hydrogens is 148 g/mol. The van der Waals surface area contributed by atoms with Crippen molar-refractivity contribution in [3.05, 3.63) is 0 Å². The summed E-state index contributed by atoms with van der Waals surface area (Å²) in [6.45, 7) is 15.2. The highest BCUT2D eigenvalue weighted by Crippen LogP contribution is 2.04. The van der Waals surface area contributed by atoms with E-state index in [4.69, 9.17) is 0 Å². The lowest BCUT2D eigenvalue weighted by Gasteiger charge is -2.31. The number of rotatable bonds is 4. The predicted octanol–water partition coefficient (Wildman–Crippen LogP) is 1.76. The smallest absolute Gasteiger partial charge is 0.0249 e. The summed E-state index contributed by atoms with van der Waals surface area (Å²) in [5, 5.41) is 6.92. The zero-order valence-corrected chi connectivity index (χ0v) is 9.41. The van der Waals surface area contributed by atoms with E-state index in [1.165, 1.54) is 0 Å². The molecular formula is C10H24N2. The number of hydrogen-bond donors (Lipinski definition) is 2. The average molecular weight is 172 g/mol. The summed E-state index contributed by atoms with van der Waals surface area (Å²) in [5.41, 5.74) is 0.411. The molecule has 0 aliphatic rings. The minimum absolute atomic E-state index is 0.196. The summed E-state index contributed by atoms with van der Waals surface area (Å²) in [6.07, 6.45) is 0. The van der Waals surface area contributed by atoms with Gasteiger partial charge in [-0.1, -0.05) is 6.92 Å². The van der Waals surface area contributed by atoms with Crippen molar-refractivity contribution in [1.29, 1.82) is 0 Å². The second-order valence-electron chi connectivity index (χ2n) is 5.02. The molecule has 0 radical (unpaired) electrons. The summed E-state index contributed by atoms with van der Waals surface area (Å²) in [5.74, 6) is 0. The van der Waals surface area contributed by atoms with Gasteiger partial charge in [-0.2, -0.15) is 0 Å². The molecule has 2 N–H and O–H groups in total. The Bertz CT molecular complexity index is 122. The normalized spacial score (nSPS) is 13.5. The van der Waals surface area contributed by atoms with Crippen LogP contribution < -0.4 is 10.6 Å². The molecule has 0 heterocycles. The molecule has 0 spiro atoms. The number of likely N-dealkylation sites (N-methyl/N-ethyl adjacent to an activating group) is 1. The SMILES string of the molecule is CCNC(C)(C)CNC(C)(C)C. The van der Waals surface area contributed by atoms with Crippen LogP contribution in [0.15, 0.2) is 0 Å². The quantitative estimate of drug-likeness (QED) is 0.675. The van der Waals surface area contributed by atoms with E-state index in [-0.39, 0.29) is 11.1 Å².